The zero-order valence-corrected chi connectivity index (χ0v) is 19.3. The number of carbonyl (C=O) groups is 1. The number of anilines is 1. The van der Waals surface area contributed by atoms with E-state index in [0.29, 0.717) is 23.9 Å². The van der Waals surface area contributed by atoms with Crippen LogP contribution in [0.25, 0.3) is 0 Å². The van der Waals surface area contributed by atoms with Crippen LogP contribution in [0.5, 0.6) is 5.75 Å². The first-order valence-electron chi connectivity index (χ1n) is 11.0. The fourth-order valence-corrected chi connectivity index (χ4v) is 5.24. The molecule has 1 heterocycles. The number of hydrogen-bond donors (Lipinski definition) is 1. The number of ether oxygens (including phenoxy) is 1. The molecular formula is C24H32N2O4S. The van der Waals surface area contributed by atoms with Crippen LogP contribution in [0.1, 0.15) is 45.1 Å². The van der Waals surface area contributed by atoms with E-state index in [4.69, 9.17) is 4.74 Å². The Kier molecular flexibility index (Phi) is 7.59. The van der Waals surface area contributed by atoms with Gasteiger partial charge in [-0.1, -0.05) is 57.4 Å². The minimum absolute atomic E-state index is 0.0646. The summed E-state index contributed by atoms with van der Waals surface area (Å²) in [5, 5.41) is 2.98. The third-order valence-corrected chi connectivity index (χ3v) is 7.51. The molecular weight excluding hydrogens is 412 g/mol. The second kappa shape index (κ2) is 10.2. The Labute approximate surface area is 185 Å². The first-order chi connectivity index (χ1) is 14.9. The van der Waals surface area contributed by atoms with Crippen molar-refractivity contribution in [2.45, 2.75) is 57.5 Å². The van der Waals surface area contributed by atoms with Crippen molar-refractivity contribution in [3.63, 3.8) is 0 Å². The summed E-state index contributed by atoms with van der Waals surface area (Å²) in [5.41, 5.74) is 1.38. The fraction of sp³-hybridized carbons (Fsp3) is 0.458. The van der Waals surface area contributed by atoms with Crippen molar-refractivity contribution < 1.29 is 17.9 Å². The SMILES string of the molecule is CCCC[C@@H](CC)CNC(=O)[C@@H]1CN(S(=O)(=O)c2ccccc2)c2ccc(C)cc2O1. The second-order valence-corrected chi connectivity index (χ2v) is 9.95. The number of rotatable bonds is 9. The number of carbonyl (C=O) groups excluding carboxylic acids is 1. The van der Waals surface area contributed by atoms with Crippen LogP contribution >= 0.6 is 0 Å². The van der Waals surface area contributed by atoms with E-state index < -0.39 is 16.1 Å². The van der Waals surface area contributed by atoms with E-state index >= 15 is 0 Å². The van der Waals surface area contributed by atoms with E-state index in [1.807, 2.05) is 13.0 Å². The van der Waals surface area contributed by atoms with Crippen molar-refractivity contribution in [1.29, 1.82) is 0 Å². The molecule has 1 N–H and O–H groups in total. The van der Waals surface area contributed by atoms with Crippen LogP contribution < -0.4 is 14.4 Å². The van der Waals surface area contributed by atoms with Crippen LogP contribution in [0.3, 0.4) is 0 Å². The lowest BCUT2D eigenvalue weighted by Gasteiger charge is -2.35. The van der Waals surface area contributed by atoms with Gasteiger partial charge in [0.05, 0.1) is 17.1 Å². The standard InChI is InChI=1S/C24H32N2O4S/c1-4-6-10-19(5-2)16-25-24(27)23-17-26(21-14-13-18(3)15-22(21)30-23)31(28,29)20-11-8-7-9-12-20/h7-9,11-15,19,23H,4-6,10,16-17H2,1-3H3,(H,25,27)/t19-,23+/m1/s1. The summed E-state index contributed by atoms with van der Waals surface area (Å²) in [6.07, 6.45) is 3.40. The predicted molar refractivity (Wildman–Crippen MR) is 123 cm³/mol. The summed E-state index contributed by atoms with van der Waals surface area (Å²) in [6, 6.07) is 13.6. The molecule has 0 bridgehead atoms. The highest BCUT2D eigenvalue weighted by atomic mass is 32.2. The zero-order chi connectivity index (χ0) is 22.4. The zero-order valence-electron chi connectivity index (χ0n) is 18.5. The normalized spacial score (nSPS) is 16.9. The molecule has 2 aromatic rings. The lowest BCUT2D eigenvalue weighted by molar-refractivity contribution is -0.127. The third kappa shape index (κ3) is 5.39. The molecule has 6 nitrogen and oxygen atoms in total. The molecule has 0 saturated heterocycles. The molecule has 2 aromatic carbocycles. The maximum Gasteiger partial charge on any atom is 0.264 e. The molecule has 31 heavy (non-hydrogen) atoms. The van der Waals surface area contributed by atoms with Crippen molar-refractivity contribution in [3.8, 4) is 5.75 Å². The molecule has 0 unspecified atom stereocenters. The summed E-state index contributed by atoms with van der Waals surface area (Å²) in [4.78, 5) is 13.1. The van der Waals surface area contributed by atoms with Crippen LogP contribution in [-0.4, -0.2) is 33.5 Å². The summed E-state index contributed by atoms with van der Waals surface area (Å²) >= 11 is 0. The smallest absolute Gasteiger partial charge is 0.264 e. The number of sulfonamides is 1. The van der Waals surface area contributed by atoms with Crippen molar-refractivity contribution in [1.82, 2.24) is 5.32 Å². The van der Waals surface area contributed by atoms with Crippen LogP contribution in [0.2, 0.25) is 0 Å². The number of fused-ring (bicyclic) bond motifs is 1. The first kappa shape index (κ1) is 23.1. The number of hydrogen-bond acceptors (Lipinski definition) is 4. The number of amides is 1. The molecule has 0 saturated carbocycles. The lowest BCUT2D eigenvalue weighted by Crippen LogP contribution is -2.51. The highest BCUT2D eigenvalue weighted by molar-refractivity contribution is 7.92. The molecule has 0 fully saturated rings. The van der Waals surface area contributed by atoms with Crippen molar-refractivity contribution >= 4 is 21.6 Å². The Morgan fingerprint density at radius 3 is 2.61 bits per heavy atom. The molecule has 0 aliphatic carbocycles. The summed E-state index contributed by atoms with van der Waals surface area (Å²) in [5.74, 6) is 0.533. The Morgan fingerprint density at radius 2 is 1.94 bits per heavy atom. The van der Waals surface area contributed by atoms with Crippen LogP contribution in [0, 0.1) is 12.8 Å². The van der Waals surface area contributed by atoms with Crippen molar-refractivity contribution in [2.75, 3.05) is 17.4 Å². The Bertz CT molecular complexity index is 992. The molecule has 3 rings (SSSR count). The molecule has 1 aliphatic heterocycles. The van der Waals surface area contributed by atoms with E-state index in [1.165, 1.54) is 4.31 Å². The molecule has 1 amide bonds. The summed E-state index contributed by atoms with van der Waals surface area (Å²) < 4.78 is 34.0. The molecule has 1 aliphatic rings. The lowest BCUT2D eigenvalue weighted by atomic mass is 9.99. The largest absolute Gasteiger partial charge is 0.476 e. The molecule has 0 radical (unpaired) electrons. The minimum Gasteiger partial charge on any atom is -0.476 e. The van der Waals surface area contributed by atoms with Gasteiger partial charge in [-0.3, -0.25) is 9.10 Å². The van der Waals surface area contributed by atoms with Gasteiger partial charge in [0.25, 0.3) is 15.9 Å². The van der Waals surface area contributed by atoms with E-state index in [-0.39, 0.29) is 17.3 Å². The second-order valence-electron chi connectivity index (χ2n) is 8.09. The number of aryl methyl sites for hydroxylation is 1. The van der Waals surface area contributed by atoms with E-state index in [2.05, 4.69) is 19.2 Å². The van der Waals surface area contributed by atoms with Crippen molar-refractivity contribution in [3.05, 3.63) is 54.1 Å². The minimum atomic E-state index is -3.83. The summed E-state index contributed by atoms with van der Waals surface area (Å²) in [7, 11) is -3.83. The van der Waals surface area contributed by atoms with Gasteiger partial charge >= 0.3 is 0 Å². The topological polar surface area (TPSA) is 75.7 Å². The number of unbranched alkanes of at least 4 members (excludes halogenated alkanes) is 1. The number of nitrogens with zero attached hydrogens (tertiary/aromatic N) is 1. The van der Waals surface area contributed by atoms with E-state index in [9.17, 15) is 13.2 Å². The van der Waals surface area contributed by atoms with Crippen LogP contribution in [-0.2, 0) is 14.8 Å². The Hall–Kier alpha value is -2.54. The monoisotopic (exact) mass is 444 g/mol. The molecule has 2 atom stereocenters. The maximum absolute atomic E-state index is 13.4. The van der Waals surface area contributed by atoms with Gasteiger partial charge in [-0.25, -0.2) is 8.42 Å². The van der Waals surface area contributed by atoms with Gasteiger partial charge in [0.2, 0.25) is 0 Å². The van der Waals surface area contributed by atoms with Gasteiger partial charge in [0.15, 0.2) is 6.10 Å². The highest BCUT2D eigenvalue weighted by Crippen LogP contribution is 2.37. The summed E-state index contributed by atoms with van der Waals surface area (Å²) in [6.45, 7) is 6.69. The first-order valence-corrected chi connectivity index (χ1v) is 12.4. The Balaban J connectivity index is 1.84. The molecule has 7 heteroatoms. The maximum atomic E-state index is 13.4. The Morgan fingerprint density at radius 1 is 1.19 bits per heavy atom. The fourth-order valence-electron chi connectivity index (χ4n) is 3.75. The average Bonchev–Trinajstić information content (AvgIpc) is 2.78. The number of benzene rings is 2. The van der Waals surface area contributed by atoms with Crippen molar-refractivity contribution in [2.24, 2.45) is 5.92 Å². The highest BCUT2D eigenvalue weighted by Gasteiger charge is 2.37. The number of nitrogens with one attached hydrogen (secondary N) is 1. The predicted octanol–water partition coefficient (Wildman–Crippen LogP) is 4.28. The molecule has 168 valence electrons. The molecule has 0 aromatic heterocycles. The van der Waals surface area contributed by atoms with Gasteiger partial charge < -0.3 is 10.1 Å². The van der Waals surface area contributed by atoms with Gasteiger partial charge in [-0.15, -0.1) is 0 Å². The van der Waals surface area contributed by atoms with Gasteiger partial charge in [-0.2, -0.15) is 0 Å². The van der Waals surface area contributed by atoms with E-state index in [1.54, 1.807) is 42.5 Å². The van der Waals surface area contributed by atoms with E-state index in [0.717, 1.165) is 31.2 Å². The van der Waals surface area contributed by atoms with Gasteiger partial charge in [-0.05, 0) is 49.1 Å². The van der Waals surface area contributed by atoms with Crippen LogP contribution in [0.4, 0.5) is 5.69 Å². The van der Waals surface area contributed by atoms with Gasteiger partial charge in [0, 0.05) is 6.54 Å². The third-order valence-electron chi connectivity index (χ3n) is 5.72. The van der Waals surface area contributed by atoms with Gasteiger partial charge in [0.1, 0.15) is 5.75 Å². The quantitative estimate of drug-likeness (QED) is 0.626. The molecule has 0 spiro atoms. The average molecular weight is 445 g/mol. The van der Waals surface area contributed by atoms with Crippen LogP contribution in [0.15, 0.2) is 53.4 Å².